The van der Waals surface area contributed by atoms with Crippen molar-refractivity contribution in [3.8, 4) is 0 Å². The zero-order valence-electron chi connectivity index (χ0n) is 11.1. The van der Waals surface area contributed by atoms with Crippen LogP contribution in [-0.2, 0) is 16.6 Å². The first-order valence-electron chi connectivity index (χ1n) is 5.75. The van der Waals surface area contributed by atoms with Gasteiger partial charge in [-0.1, -0.05) is 39.0 Å². The molecule has 0 spiro atoms. The highest BCUT2D eigenvalue weighted by molar-refractivity contribution is 5.75. The van der Waals surface area contributed by atoms with E-state index in [0.717, 1.165) is 5.56 Å². The Morgan fingerprint density at radius 2 is 1.83 bits per heavy atom. The third-order valence-electron chi connectivity index (χ3n) is 2.94. The zero-order valence-corrected chi connectivity index (χ0v) is 11.1. The molecule has 0 bridgehead atoms. The lowest BCUT2D eigenvalue weighted by Gasteiger charge is -2.21. The Morgan fingerprint density at radius 3 is 2.28 bits per heavy atom. The molecule has 1 aromatic carbocycles. The van der Waals surface area contributed by atoms with Gasteiger partial charge in [0.1, 0.15) is 0 Å². The van der Waals surface area contributed by atoms with Gasteiger partial charge in [0.2, 0.25) is 0 Å². The maximum absolute atomic E-state index is 13.2. The lowest BCUT2D eigenvalue weighted by Crippen LogP contribution is -2.31. The summed E-state index contributed by atoms with van der Waals surface area (Å²) < 4.78 is 26.5. The van der Waals surface area contributed by atoms with Crippen LogP contribution >= 0.6 is 0 Å². The molecule has 0 unspecified atom stereocenters. The van der Waals surface area contributed by atoms with Gasteiger partial charge in [-0.15, -0.1) is 0 Å². The molecule has 2 nitrogen and oxygen atoms in total. The molecule has 1 N–H and O–H groups in total. The smallest absolute Gasteiger partial charge is 0.374 e. The molecule has 18 heavy (non-hydrogen) atoms. The van der Waals surface area contributed by atoms with Crippen molar-refractivity contribution >= 4 is 5.97 Å². The zero-order chi connectivity index (χ0) is 14.1. The Kier molecular flexibility index (Phi) is 3.79. The second kappa shape index (κ2) is 4.67. The van der Waals surface area contributed by atoms with E-state index >= 15 is 0 Å². The van der Waals surface area contributed by atoms with E-state index in [2.05, 4.69) is 0 Å². The Hall–Kier alpha value is -1.45. The summed E-state index contributed by atoms with van der Waals surface area (Å²) in [6.45, 7) is 7.66. The number of rotatable bonds is 3. The number of carboxylic acid groups (broad SMARTS) is 1. The summed E-state index contributed by atoms with van der Waals surface area (Å²) >= 11 is 0. The summed E-state index contributed by atoms with van der Waals surface area (Å²) in [6, 6.07) is 5.32. The minimum atomic E-state index is -3.72. The van der Waals surface area contributed by atoms with Gasteiger partial charge in [-0.2, -0.15) is 8.78 Å². The van der Waals surface area contributed by atoms with E-state index in [4.69, 9.17) is 5.11 Å². The van der Waals surface area contributed by atoms with Crippen molar-refractivity contribution in [3.63, 3.8) is 0 Å². The van der Waals surface area contributed by atoms with Crippen LogP contribution in [-0.4, -0.2) is 17.0 Å². The Balaban J connectivity index is 3.14. The lowest BCUT2D eigenvalue weighted by molar-refractivity contribution is -0.164. The molecule has 0 aliphatic carbocycles. The molecular weight excluding hydrogens is 238 g/mol. The molecular formula is C14H18F2O2. The second-order valence-corrected chi connectivity index (χ2v) is 5.58. The molecule has 4 heteroatoms. The van der Waals surface area contributed by atoms with Crippen molar-refractivity contribution in [2.24, 2.45) is 0 Å². The van der Waals surface area contributed by atoms with Gasteiger partial charge < -0.3 is 5.11 Å². The number of aryl methyl sites for hydroxylation is 1. The minimum Gasteiger partial charge on any atom is -0.477 e. The van der Waals surface area contributed by atoms with Crippen LogP contribution < -0.4 is 0 Å². The van der Waals surface area contributed by atoms with Crippen LogP contribution in [0.25, 0.3) is 0 Å². The summed E-state index contributed by atoms with van der Waals surface area (Å²) in [7, 11) is 0. The van der Waals surface area contributed by atoms with Crippen molar-refractivity contribution in [1.82, 2.24) is 0 Å². The number of aliphatic carboxylic acids is 1. The molecule has 0 saturated carbocycles. The van der Waals surface area contributed by atoms with Crippen LogP contribution in [0.3, 0.4) is 0 Å². The highest BCUT2D eigenvalue weighted by atomic mass is 19.3. The van der Waals surface area contributed by atoms with Crippen molar-refractivity contribution in [1.29, 1.82) is 0 Å². The number of benzene rings is 1. The van der Waals surface area contributed by atoms with Gasteiger partial charge in [0, 0.05) is 6.42 Å². The number of halogens is 2. The monoisotopic (exact) mass is 256 g/mol. The second-order valence-electron chi connectivity index (χ2n) is 5.58. The van der Waals surface area contributed by atoms with Gasteiger partial charge in [0.05, 0.1) is 0 Å². The van der Waals surface area contributed by atoms with E-state index < -0.39 is 18.3 Å². The Morgan fingerprint density at radius 1 is 1.28 bits per heavy atom. The van der Waals surface area contributed by atoms with Gasteiger partial charge in [-0.3, -0.25) is 0 Å². The van der Waals surface area contributed by atoms with E-state index in [1.165, 1.54) is 0 Å². The predicted molar refractivity (Wildman–Crippen MR) is 66.2 cm³/mol. The Labute approximate surface area is 106 Å². The van der Waals surface area contributed by atoms with E-state index in [-0.39, 0.29) is 5.41 Å². The fraction of sp³-hybridized carbons (Fsp3) is 0.500. The molecule has 1 rings (SSSR count). The summed E-state index contributed by atoms with van der Waals surface area (Å²) in [4.78, 5) is 10.5. The summed E-state index contributed by atoms with van der Waals surface area (Å²) in [5.74, 6) is -5.80. The van der Waals surface area contributed by atoms with E-state index in [1.807, 2.05) is 26.8 Å². The van der Waals surface area contributed by atoms with Crippen LogP contribution in [0, 0.1) is 6.92 Å². The number of hydrogen-bond donors (Lipinski definition) is 1. The summed E-state index contributed by atoms with van der Waals surface area (Å²) in [5, 5.41) is 8.47. The maximum atomic E-state index is 13.2. The van der Waals surface area contributed by atoms with Crippen LogP contribution in [0.4, 0.5) is 8.78 Å². The minimum absolute atomic E-state index is 0.152. The van der Waals surface area contributed by atoms with E-state index in [9.17, 15) is 13.6 Å². The van der Waals surface area contributed by atoms with Gasteiger partial charge in [-0.05, 0) is 29.0 Å². The van der Waals surface area contributed by atoms with Gasteiger partial charge in [-0.25, -0.2) is 4.79 Å². The molecule has 0 aliphatic heterocycles. The first-order chi connectivity index (χ1) is 8.04. The molecule has 0 atom stereocenters. The molecule has 0 aliphatic rings. The molecule has 0 heterocycles. The number of alkyl halides is 2. The summed E-state index contributed by atoms with van der Waals surface area (Å²) in [5.41, 5.74) is 1.84. The SMILES string of the molecule is Cc1ccc(C(C)(C)C)cc1CC(F)(F)C(=O)O. The van der Waals surface area contributed by atoms with E-state index in [1.54, 1.807) is 19.1 Å². The maximum Gasteiger partial charge on any atom is 0.374 e. The van der Waals surface area contributed by atoms with E-state index in [0.29, 0.717) is 11.1 Å². The highest BCUT2D eigenvalue weighted by Gasteiger charge is 2.39. The van der Waals surface area contributed by atoms with Crippen LogP contribution in [0.15, 0.2) is 18.2 Å². The van der Waals surface area contributed by atoms with Gasteiger partial charge >= 0.3 is 11.9 Å². The third-order valence-corrected chi connectivity index (χ3v) is 2.94. The number of carboxylic acids is 1. The van der Waals surface area contributed by atoms with Crippen LogP contribution in [0.1, 0.15) is 37.5 Å². The van der Waals surface area contributed by atoms with Gasteiger partial charge in [0.15, 0.2) is 0 Å². The fourth-order valence-corrected chi connectivity index (χ4v) is 1.64. The van der Waals surface area contributed by atoms with Crippen LogP contribution in [0.5, 0.6) is 0 Å². The van der Waals surface area contributed by atoms with Crippen molar-refractivity contribution in [2.75, 3.05) is 0 Å². The molecule has 0 saturated heterocycles. The highest BCUT2D eigenvalue weighted by Crippen LogP contribution is 2.28. The molecule has 1 aromatic rings. The molecule has 0 radical (unpaired) electrons. The molecule has 100 valence electrons. The fourth-order valence-electron chi connectivity index (χ4n) is 1.64. The quantitative estimate of drug-likeness (QED) is 0.897. The van der Waals surface area contributed by atoms with Crippen molar-refractivity contribution < 1.29 is 18.7 Å². The first kappa shape index (κ1) is 14.6. The predicted octanol–water partition coefficient (Wildman–Crippen LogP) is 3.55. The Bertz CT molecular complexity index is 459. The average Bonchev–Trinajstić information content (AvgIpc) is 2.19. The lowest BCUT2D eigenvalue weighted by atomic mass is 9.84. The topological polar surface area (TPSA) is 37.3 Å². The first-order valence-corrected chi connectivity index (χ1v) is 5.75. The third kappa shape index (κ3) is 3.28. The molecule has 0 aromatic heterocycles. The van der Waals surface area contributed by atoms with Crippen molar-refractivity contribution in [3.05, 3.63) is 34.9 Å². The largest absolute Gasteiger partial charge is 0.477 e. The van der Waals surface area contributed by atoms with Crippen LogP contribution in [0.2, 0.25) is 0 Å². The number of hydrogen-bond acceptors (Lipinski definition) is 1. The molecule has 0 fully saturated rings. The summed E-state index contributed by atoms with van der Waals surface area (Å²) in [6.07, 6.45) is -0.766. The van der Waals surface area contributed by atoms with Crippen molar-refractivity contribution in [2.45, 2.75) is 45.5 Å². The normalized spacial score (nSPS) is 12.6. The standard InChI is InChI=1S/C14H18F2O2/c1-9-5-6-11(13(2,3)4)7-10(9)8-14(15,16)12(17)18/h5-7H,8H2,1-4H3,(H,17,18). The van der Waals surface area contributed by atoms with Gasteiger partial charge in [0.25, 0.3) is 0 Å². The average molecular weight is 256 g/mol. The number of carbonyl (C=O) groups is 1. The molecule has 0 amide bonds.